The van der Waals surface area contributed by atoms with Crippen LogP contribution >= 0.6 is 11.6 Å². The van der Waals surface area contributed by atoms with Crippen LogP contribution in [0.3, 0.4) is 0 Å². The Morgan fingerprint density at radius 1 is 1.21 bits per heavy atom. The largest absolute Gasteiger partial charge is 0.300 e. The molecule has 1 nitrogen and oxygen atoms in total. The van der Waals surface area contributed by atoms with E-state index in [4.69, 9.17) is 11.6 Å². The molecule has 19 heavy (non-hydrogen) atoms. The molecule has 0 saturated heterocycles. The molecule has 0 amide bonds. The number of halogens is 1. The maximum atomic E-state index is 11.5. The Bertz CT molecular complexity index is 423. The minimum atomic E-state index is 0.380. The van der Waals surface area contributed by atoms with Gasteiger partial charge >= 0.3 is 0 Å². The molecule has 0 aliphatic carbocycles. The highest BCUT2D eigenvalue weighted by atomic mass is 35.5. The van der Waals surface area contributed by atoms with E-state index in [1.54, 1.807) is 0 Å². The van der Waals surface area contributed by atoms with Gasteiger partial charge in [0.1, 0.15) is 5.78 Å². The van der Waals surface area contributed by atoms with Gasteiger partial charge in [0.25, 0.3) is 0 Å². The first-order valence-corrected chi connectivity index (χ1v) is 7.52. The summed E-state index contributed by atoms with van der Waals surface area (Å²) in [4.78, 5) is 11.5. The molecule has 0 radical (unpaired) electrons. The molecule has 0 spiro atoms. The first-order valence-electron chi connectivity index (χ1n) is 6.98. The van der Waals surface area contributed by atoms with E-state index in [0.717, 1.165) is 31.3 Å². The Labute approximate surface area is 121 Å². The summed E-state index contributed by atoms with van der Waals surface area (Å²) in [5.74, 6) is 0.883. The van der Waals surface area contributed by atoms with Gasteiger partial charge in [0.2, 0.25) is 0 Å². The van der Waals surface area contributed by atoms with Crippen molar-refractivity contribution in [3.8, 4) is 0 Å². The normalized spacial score (nSPS) is 10.4. The second-order valence-corrected chi connectivity index (χ2v) is 5.24. The van der Waals surface area contributed by atoms with Gasteiger partial charge in [0.15, 0.2) is 0 Å². The van der Waals surface area contributed by atoms with Crippen molar-refractivity contribution < 1.29 is 4.79 Å². The lowest BCUT2D eigenvalue weighted by Gasteiger charge is -2.09. The van der Waals surface area contributed by atoms with Crippen LogP contribution in [0, 0.1) is 0 Å². The Hall–Kier alpha value is -1.08. The summed E-state index contributed by atoms with van der Waals surface area (Å²) in [5.41, 5.74) is 3.64. The van der Waals surface area contributed by atoms with Crippen LogP contribution in [-0.2, 0) is 17.6 Å². The standard InChI is InChI=1S/C17H23ClO/c1-3-7-17(19)11-6-10-15-8-4-5-9-16(15)12-14(2)13-18/h4-5,8-9H,2-3,6-7,10-13H2,1H3. The second kappa shape index (κ2) is 8.92. The molecule has 0 bridgehead atoms. The van der Waals surface area contributed by atoms with E-state index in [1.807, 2.05) is 13.0 Å². The van der Waals surface area contributed by atoms with Crippen molar-refractivity contribution in [1.82, 2.24) is 0 Å². The molecule has 0 atom stereocenters. The van der Waals surface area contributed by atoms with Crippen LogP contribution in [-0.4, -0.2) is 11.7 Å². The zero-order valence-electron chi connectivity index (χ0n) is 11.8. The molecule has 1 aromatic rings. The lowest BCUT2D eigenvalue weighted by atomic mass is 9.96. The first-order chi connectivity index (χ1) is 9.17. The van der Waals surface area contributed by atoms with Crippen molar-refractivity contribution in [3.05, 3.63) is 47.5 Å². The SMILES string of the molecule is C=C(CCl)Cc1ccccc1CCCC(=O)CCC. The molecule has 1 aromatic carbocycles. The van der Waals surface area contributed by atoms with Crippen molar-refractivity contribution in [2.45, 2.75) is 45.4 Å². The van der Waals surface area contributed by atoms with Gasteiger partial charge in [-0.15, -0.1) is 11.6 Å². The number of hydrogen-bond donors (Lipinski definition) is 0. The van der Waals surface area contributed by atoms with Gasteiger partial charge in [-0.25, -0.2) is 0 Å². The van der Waals surface area contributed by atoms with Crippen LogP contribution in [0.5, 0.6) is 0 Å². The molecule has 0 aromatic heterocycles. The van der Waals surface area contributed by atoms with Crippen molar-refractivity contribution >= 4 is 17.4 Å². The van der Waals surface area contributed by atoms with Crippen molar-refractivity contribution in [2.75, 3.05) is 5.88 Å². The minimum absolute atomic E-state index is 0.380. The number of carbonyl (C=O) groups is 1. The molecule has 1 rings (SSSR count). The highest BCUT2D eigenvalue weighted by Gasteiger charge is 2.05. The smallest absolute Gasteiger partial charge is 0.132 e. The van der Waals surface area contributed by atoms with Crippen LogP contribution in [0.2, 0.25) is 0 Å². The summed E-state index contributed by atoms with van der Waals surface area (Å²) >= 11 is 5.79. The summed E-state index contributed by atoms with van der Waals surface area (Å²) in [6, 6.07) is 8.36. The summed E-state index contributed by atoms with van der Waals surface area (Å²) < 4.78 is 0. The molecule has 2 heteroatoms. The highest BCUT2D eigenvalue weighted by molar-refractivity contribution is 6.19. The van der Waals surface area contributed by atoms with Crippen LogP contribution in [0.1, 0.15) is 43.7 Å². The number of ketones is 1. The van der Waals surface area contributed by atoms with E-state index < -0.39 is 0 Å². The lowest BCUT2D eigenvalue weighted by molar-refractivity contribution is -0.119. The summed E-state index contributed by atoms with van der Waals surface area (Å²) in [6.45, 7) is 6.00. The van der Waals surface area contributed by atoms with Gasteiger partial charge in [-0.05, 0) is 36.8 Å². The van der Waals surface area contributed by atoms with Crippen LogP contribution in [0.4, 0.5) is 0 Å². The quantitative estimate of drug-likeness (QED) is 0.472. The number of Topliss-reactive ketones (excluding diaryl/α,β-unsaturated/α-hetero) is 1. The molecule has 0 aliphatic rings. The molecule has 0 heterocycles. The Balaban J connectivity index is 2.53. The number of hydrogen-bond acceptors (Lipinski definition) is 1. The minimum Gasteiger partial charge on any atom is -0.300 e. The van der Waals surface area contributed by atoms with Gasteiger partial charge in [0, 0.05) is 18.7 Å². The maximum absolute atomic E-state index is 11.5. The molecule has 0 saturated carbocycles. The molecule has 0 unspecified atom stereocenters. The molecule has 0 N–H and O–H groups in total. The van der Waals surface area contributed by atoms with Gasteiger partial charge in [-0.1, -0.05) is 43.3 Å². The monoisotopic (exact) mass is 278 g/mol. The van der Waals surface area contributed by atoms with Crippen molar-refractivity contribution in [3.63, 3.8) is 0 Å². The zero-order chi connectivity index (χ0) is 14.1. The summed E-state index contributed by atoms with van der Waals surface area (Å²) in [6.07, 6.45) is 5.08. The maximum Gasteiger partial charge on any atom is 0.132 e. The third kappa shape index (κ3) is 6.07. The van der Waals surface area contributed by atoms with Crippen LogP contribution < -0.4 is 0 Å². The predicted molar refractivity (Wildman–Crippen MR) is 82.9 cm³/mol. The van der Waals surface area contributed by atoms with E-state index in [0.29, 0.717) is 24.5 Å². The van der Waals surface area contributed by atoms with E-state index in [2.05, 4.69) is 24.8 Å². The number of rotatable bonds is 9. The van der Waals surface area contributed by atoms with E-state index in [9.17, 15) is 4.79 Å². The summed E-state index contributed by atoms with van der Waals surface area (Å²) in [5, 5.41) is 0. The molecule has 104 valence electrons. The number of benzene rings is 1. The third-order valence-electron chi connectivity index (χ3n) is 3.18. The van der Waals surface area contributed by atoms with E-state index in [-0.39, 0.29) is 0 Å². The predicted octanol–water partition coefficient (Wildman–Crippen LogP) is 4.72. The van der Waals surface area contributed by atoms with Gasteiger partial charge in [-0.3, -0.25) is 4.79 Å². The Morgan fingerprint density at radius 3 is 2.53 bits per heavy atom. The highest BCUT2D eigenvalue weighted by Crippen LogP contribution is 2.16. The average Bonchev–Trinajstić information content (AvgIpc) is 2.41. The molecule has 0 fully saturated rings. The fourth-order valence-corrected chi connectivity index (χ4v) is 2.26. The lowest BCUT2D eigenvalue weighted by Crippen LogP contribution is -2.01. The number of aryl methyl sites for hydroxylation is 1. The number of alkyl halides is 1. The summed E-state index contributed by atoms with van der Waals surface area (Å²) in [7, 11) is 0. The first kappa shape index (κ1) is 16.0. The fraction of sp³-hybridized carbons (Fsp3) is 0.471. The topological polar surface area (TPSA) is 17.1 Å². The molecular weight excluding hydrogens is 256 g/mol. The average molecular weight is 279 g/mol. The zero-order valence-corrected chi connectivity index (χ0v) is 12.5. The van der Waals surface area contributed by atoms with Gasteiger partial charge < -0.3 is 0 Å². The fourth-order valence-electron chi connectivity index (χ4n) is 2.17. The van der Waals surface area contributed by atoms with E-state index in [1.165, 1.54) is 11.1 Å². The Morgan fingerprint density at radius 2 is 1.89 bits per heavy atom. The van der Waals surface area contributed by atoms with Crippen molar-refractivity contribution in [1.29, 1.82) is 0 Å². The van der Waals surface area contributed by atoms with Crippen molar-refractivity contribution in [2.24, 2.45) is 0 Å². The number of carbonyl (C=O) groups excluding carboxylic acids is 1. The second-order valence-electron chi connectivity index (χ2n) is 4.97. The van der Waals surface area contributed by atoms with E-state index >= 15 is 0 Å². The van der Waals surface area contributed by atoms with Gasteiger partial charge in [-0.2, -0.15) is 0 Å². The van der Waals surface area contributed by atoms with Crippen LogP contribution in [0.25, 0.3) is 0 Å². The molecule has 0 aliphatic heterocycles. The third-order valence-corrected chi connectivity index (χ3v) is 3.56. The Kier molecular flexibility index (Phi) is 7.50. The number of allylic oxidation sites excluding steroid dienone is 1. The van der Waals surface area contributed by atoms with Crippen LogP contribution in [0.15, 0.2) is 36.4 Å². The van der Waals surface area contributed by atoms with Gasteiger partial charge in [0.05, 0.1) is 0 Å². The molecular formula is C17H23ClO.